The molecule has 0 aliphatic carbocycles. The highest BCUT2D eigenvalue weighted by atomic mass is 32.2. The standard InChI is InChI=1S/C8H6N2O3S/c1-5-2-7(11)6(10(12)13)3-8(5)14-4-9/h2-3,11H,1H3. The van der Waals surface area contributed by atoms with Crippen LogP contribution in [0.2, 0.25) is 0 Å². The molecule has 1 aromatic carbocycles. The lowest BCUT2D eigenvalue weighted by Gasteiger charge is -2.01. The van der Waals surface area contributed by atoms with Gasteiger partial charge in [0.25, 0.3) is 0 Å². The molecule has 0 saturated carbocycles. The van der Waals surface area contributed by atoms with Gasteiger partial charge in [0.2, 0.25) is 0 Å². The van der Waals surface area contributed by atoms with E-state index in [1.807, 2.05) is 5.40 Å². The van der Waals surface area contributed by atoms with E-state index in [-0.39, 0.29) is 11.4 Å². The van der Waals surface area contributed by atoms with E-state index in [1.54, 1.807) is 6.92 Å². The van der Waals surface area contributed by atoms with Gasteiger partial charge in [-0.15, -0.1) is 0 Å². The zero-order valence-corrected chi connectivity index (χ0v) is 8.04. The quantitative estimate of drug-likeness (QED) is 0.350. The van der Waals surface area contributed by atoms with Gasteiger partial charge in [-0.05, 0) is 30.3 Å². The summed E-state index contributed by atoms with van der Waals surface area (Å²) in [7, 11) is 0. The minimum atomic E-state index is -0.684. The molecule has 0 spiro atoms. The first-order valence-corrected chi connectivity index (χ1v) is 4.42. The van der Waals surface area contributed by atoms with Crippen LogP contribution in [0.15, 0.2) is 17.0 Å². The van der Waals surface area contributed by atoms with E-state index in [1.165, 1.54) is 12.1 Å². The molecule has 0 unspecified atom stereocenters. The molecule has 0 aliphatic heterocycles. The fourth-order valence-electron chi connectivity index (χ4n) is 0.967. The molecule has 0 atom stereocenters. The predicted octanol–water partition coefficient (Wildman–Crippen LogP) is 2.18. The largest absolute Gasteiger partial charge is 0.502 e. The van der Waals surface area contributed by atoms with Crippen molar-refractivity contribution in [3.8, 4) is 11.2 Å². The van der Waals surface area contributed by atoms with Crippen molar-refractivity contribution in [3.05, 3.63) is 27.8 Å². The Balaban J connectivity index is 3.28. The third-order valence-electron chi connectivity index (χ3n) is 1.62. The number of nitrogens with zero attached hydrogens (tertiary/aromatic N) is 2. The van der Waals surface area contributed by atoms with Crippen molar-refractivity contribution >= 4 is 17.4 Å². The van der Waals surface area contributed by atoms with Gasteiger partial charge < -0.3 is 5.11 Å². The lowest BCUT2D eigenvalue weighted by molar-refractivity contribution is -0.386. The van der Waals surface area contributed by atoms with Crippen molar-refractivity contribution < 1.29 is 10.0 Å². The number of hydrogen-bond acceptors (Lipinski definition) is 5. The number of hydrogen-bond donors (Lipinski definition) is 1. The average molecular weight is 210 g/mol. The number of nitro groups is 1. The number of aromatic hydroxyl groups is 1. The lowest BCUT2D eigenvalue weighted by atomic mass is 10.2. The molecule has 0 heterocycles. The summed E-state index contributed by atoms with van der Waals surface area (Å²) in [6.07, 6.45) is 0. The minimum Gasteiger partial charge on any atom is -0.502 e. The number of thiocyanates is 1. The predicted molar refractivity (Wildman–Crippen MR) is 51.0 cm³/mol. The Morgan fingerprint density at radius 1 is 1.64 bits per heavy atom. The fraction of sp³-hybridized carbons (Fsp3) is 0.125. The Hall–Kier alpha value is -1.74. The van der Waals surface area contributed by atoms with Crippen LogP contribution in [0.1, 0.15) is 5.56 Å². The number of phenols is 1. The van der Waals surface area contributed by atoms with Gasteiger partial charge in [0.1, 0.15) is 5.40 Å². The van der Waals surface area contributed by atoms with E-state index >= 15 is 0 Å². The maximum Gasteiger partial charge on any atom is 0.311 e. The first-order chi connectivity index (χ1) is 6.56. The number of benzene rings is 1. The van der Waals surface area contributed by atoms with Crippen LogP contribution in [0.5, 0.6) is 5.75 Å². The van der Waals surface area contributed by atoms with E-state index in [0.717, 1.165) is 11.8 Å². The van der Waals surface area contributed by atoms with Gasteiger partial charge in [-0.3, -0.25) is 10.1 Å². The molecule has 14 heavy (non-hydrogen) atoms. The summed E-state index contributed by atoms with van der Waals surface area (Å²) in [6.45, 7) is 1.67. The van der Waals surface area contributed by atoms with E-state index in [9.17, 15) is 15.2 Å². The third kappa shape index (κ3) is 1.95. The first-order valence-electron chi connectivity index (χ1n) is 3.60. The topological polar surface area (TPSA) is 87.2 Å². The van der Waals surface area contributed by atoms with Crippen LogP contribution in [-0.4, -0.2) is 10.0 Å². The highest BCUT2D eigenvalue weighted by molar-refractivity contribution is 8.03. The molecule has 72 valence electrons. The average Bonchev–Trinajstić information content (AvgIpc) is 2.09. The summed E-state index contributed by atoms with van der Waals surface area (Å²) in [5.74, 6) is -0.380. The second-order valence-electron chi connectivity index (χ2n) is 2.56. The second kappa shape index (κ2) is 3.98. The van der Waals surface area contributed by atoms with Crippen molar-refractivity contribution in [3.63, 3.8) is 0 Å². The van der Waals surface area contributed by atoms with Crippen LogP contribution >= 0.6 is 11.8 Å². The Morgan fingerprint density at radius 2 is 2.29 bits per heavy atom. The number of thioether (sulfide) groups is 1. The molecule has 0 saturated heterocycles. The zero-order chi connectivity index (χ0) is 10.7. The zero-order valence-electron chi connectivity index (χ0n) is 7.22. The third-order valence-corrected chi connectivity index (χ3v) is 2.38. The summed E-state index contributed by atoms with van der Waals surface area (Å²) in [5.41, 5.74) is 0.257. The number of nitriles is 1. The van der Waals surface area contributed by atoms with E-state index in [0.29, 0.717) is 10.5 Å². The number of rotatable bonds is 2. The second-order valence-corrected chi connectivity index (χ2v) is 3.38. The molecule has 1 aromatic rings. The SMILES string of the molecule is Cc1cc(O)c([N+](=O)[O-])cc1SC#N. The van der Waals surface area contributed by atoms with Crippen LogP contribution in [0.3, 0.4) is 0 Å². The number of nitro benzene ring substituents is 1. The normalized spacial score (nSPS) is 9.43. The number of phenolic OH excluding ortho intramolecular Hbond substituents is 1. The molecule has 1 rings (SSSR count). The summed E-state index contributed by atoms with van der Waals surface area (Å²) in [4.78, 5) is 10.2. The highest BCUT2D eigenvalue weighted by Crippen LogP contribution is 2.33. The Bertz CT molecular complexity index is 425. The molecular weight excluding hydrogens is 204 g/mol. The van der Waals surface area contributed by atoms with E-state index < -0.39 is 4.92 Å². The maximum atomic E-state index is 10.4. The van der Waals surface area contributed by atoms with Crippen molar-refractivity contribution in [1.29, 1.82) is 5.26 Å². The van der Waals surface area contributed by atoms with Crippen molar-refractivity contribution in [2.24, 2.45) is 0 Å². The Kier molecular flexibility index (Phi) is 2.94. The molecule has 0 radical (unpaired) electrons. The molecule has 0 amide bonds. The molecular formula is C8H6N2O3S. The fourth-order valence-corrected chi connectivity index (χ4v) is 1.46. The van der Waals surface area contributed by atoms with Crippen LogP contribution < -0.4 is 0 Å². The van der Waals surface area contributed by atoms with Gasteiger partial charge in [0, 0.05) is 11.0 Å². The Labute approximate surface area is 84.1 Å². The molecule has 0 aliphatic rings. The molecule has 0 fully saturated rings. The monoisotopic (exact) mass is 210 g/mol. The molecule has 0 bridgehead atoms. The smallest absolute Gasteiger partial charge is 0.311 e. The van der Waals surface area contributed by atoms with E-state index in [4.69, 9.17) is 5.26 Å². The molecule has 0 aromatic heterocycles. The van der Waals surface area contributed by atoms with Gasteiger partial charge in [-0.1, -0.05) is 0 Å². The lowest BCUT2D eigenvalue weighted by Crippen LogP contribution is -1.90. The van der Waals surface area contributed by atoms with Crippen LogP contribution in [0.25, 0.3) is 0 Å². The van der Waals surface area contributed by atoms with Gasteiger partial charge in [-0.25, -0.2) is 0 Å². The van der Waals surface area contributed by atoms with Crippen molar-refractivity contribution in [1.82, 2.24) is 0 Å². The van der Waals surface area contributed by atoms with E-state index in [2.05, 4.69) is 0 Å². The summed E-state index contributed by atoms with van der Waals surface area (Å²) in [6, 6.07) is 2.47. The van der Waals surface area contributed by atoms with Gasteiger partial charge in [0.15, 0.2) is 5.75 Å². The maximum absolute atomic E-state index is 10.4. The number of aryl methyl sites for hydroxylation is 1. The van der Waals surface area contributed by atoms with Gasteiger partial charge in [0.05, 0.1) is 4.92 Å². The van der Waals surface area contributed by atoms with Crippen LogP contribution in [-0.2, 0) is 0 Å². The van der Waals surface area contributed by atoms with Crippen molar-refractivity contribution in [2.45, 2.75) is 11.8 Å². The molecule has 6 heteroatoms. The minimum absolute atomic E-state index is 0.380. The summed E-state index contributed by atoms with van der Waals surface area (Å²) in [5, 5.41) is 29.9. The summed E-state index contributed by atoms with van der Waals surface area (Å²) >= 11 is 0.832. The van der Waals surface area contributed by atoms with Crippen LogP contribution in [0.4, 0.5) is 5.69 Å². The molecule has 5 nitrogen and oxygen atoms in total. The van der Waals surface area contributed by atoms with Gasteiger partial charge in [-0.2, -0.15) is 5.26 Å². The molecule has 1 N–H and O–H groups in total. The Morgan fingerprint density at radius 3 is 2.79 bits per heavy atom. The summed E-state index contributed by atoms with van der Waals surface area (Å²) < 4.78 is 0. The highest BCUT2D eigenvalue weighted by Gasteiger charge is 2.16. The van der Waals surface area contributed by atoms with Crippen LogP contribution in [0, 0.1) is 27.7 Å². The van der Waals surface area contributed by atoms with Gasteiger partial charge >= 0.3 is 5.69 Å². The first kappa shape index (κ1) is 10.3. The van der Waals surface area contributed by atoms with Crippen molar-refractivity contribution in [2.75, 3.05) is 0 Å².